The summed E-state index contributed by atoms with van der Waals surface area (Å²) in [6.07, 6.45) is 6.55. The molecule has 2 nitrogen and oxygen atoms in total. The van der Waals surface area contributed by atoms with Gasteiger partial charge in [0.25, 0.3) is 0 Å². The zero-order valence-corrected chi connectivity index (χ0v) is 7.86. The first-order chi connectivity index (χ1) is 5.22. The number of thiocarbonyl (C=S) groups is 1. The molecule has 1 fully saturated rings. The number of rotatable bonds is 1. The first-order valence-corrected chi connectivity index (χ1v) is 4.65. The molecule has 0 bridgehead atoms. The Balaban J connectivity index is 2.38. The van der Waals surface area contributed by atoms with E-state index in [9.17, 15) is 0 Å². The van der Waals surface area contributed by atoms with Gasteiger partial charge in [0, 0.05) is 13.1 Å². The van der Waals surface area contributed by atoms with Gasteiger partial charge in [0.05, 0.1) is 0 Å². The van der Waals surface area contributed by atoms with Crippen LogP contribution in [0.25, 0.3) is 0 Å². The van der Waals surface area contributed by atoms with Gasteiger partial charge in [-0.25, -0.2) is 0 Å². The summed E-state index contributed by atoms with van der Waals surface area (Å²) < 4.78 is 0. The molecule has 0 spiro atoms. The number of hydrogen-bond donors (Lipinski definition) is 1. The Hall–Kier alpha value is -0.310. The van der Waals surface area contributed by atoms with E-state index in [0.717, 1.165) is 0 Å². The second-order valence-corrected chi connectivity index (χ2v) is 3.66. The Morgan fingerprint density at radius 2 is 1.91 bits per heavy atom. The van der Waals surface area contributed by atoms with Crippen LogP contribution >= 0.6 is 12.2 Å². The zero-order chi connectivity index (χ0) is 8.27. The molecule has 0 aromatic heterocycles. The van der Waals surface area contributed by atoms with Crippen molar-refractivity contribution in [2.45, 2.75) is 38.1 Å². The highest BCUT2D eigenvalue weighted by Gasteiger charge is 2.17. The summed E-state index contributed by atoms with van der Waals surface area (Å²) in [7, 11) is 2.00. The summed E-state index contributed by atoms with van der Waals surface area (Å²) in [5.74, 6) is 0. The van der Waals surface area contributed by atoms with Gasteiger partial charge in [-0.2, -0.15) is 0 Å². The highest BCUT2D eigenvalue weighted by atomic mass is 32.1. The van der Waals surface area contributed by atoms with Gasteiger partial charge in [-0.05, 0) is 25.1 Å². The van der Waals surface area contributed by atoms with Crippen LogP contribution in [0, 0.1) is 0 Å². The molecule has 2 N–H and O–H groups in total. The summed E-state index contributed by atoms with van der Waals surface area (Å²) >= 11 is 4.90. The molecule has 0 aromatic carbocycles. The molecular weight excluding hydrogens is 156 g/mol. The lowest BCUT2D eigenvalue weighted by Gasteiger charge is -2.31. The van der Waals surface area contributed by atoms with E-state index in [1.807, 2.05) is 11.9 Å². The summed E-state index contributed by atoms with van der Waals surface area (Å²) in [5.41, 5.74) is 5.52. The fourth-order valence-electron chi connectivity index (χ4n) is 1.65. The maximum Gasteiger partial charge on any atom is 0.166 e. The van der Waals surface area contributed by atoms with Gasteiger partial charge < -0.3 is 10.6 Å². The molecule has 0 radical (unpaired) electrons. The lowest BCUT2D eigenvalue weighted by molar-refractivity contribution is 0.280. The predicted molar refractivity (Wildman–Crippen MR) is 51.4 cm³/mol. The highest BCUT2D eigenvalue weighted by molar-refractivity contribution is 7.80. The quantitative estimate of drug-likeness (QED) is 0.608. The Morgan fingerprint density at radius 1 is 1.36 bits per heavy atom. The van der Waals surface area contributed by atoms with Crippen molar-refractivity contribution in [3.63, 3.8) is 0 Å². The van der Waals surface area contributed by atoms with Gasteiger partial charge in [0.15, 0.2) is 5.11 Å². The molecule has 1 aliphatic rings. The van der Waals surface area contributed by atoms with Crippen molar-refractivity contribution in [1.82, 2.24) is 4.90 Å². The fourth-order valence-corrected chi connectivity index (χ4v) is 1.80. The SMILES string of the molecule is CN(C(N)=S)C1CCCCC1. The van der Waals surface area contributed by atoms with E-state index in [1.165, 1.54) is 32.1 Å². The summed E-state index contributed by atoms with van der Waals surface area (Å²) in [6, 6.07) is 0.612. The van der Waals surface area contributed by atoms with Crippen LogP contribution in [0.2, 0.25) is 0 Å². The Bertz CT molecular complexity index is 141. The number of nitrogens with two attached hydrogens (primary N) is 1. The van der Waals surface area contributed by atoms with E-state index in [2.05, 4.69) is 0 Å². The maximum absolute atomic E-state index is 5.52. The molecule has 0 saturated heterocycles. The number of hydrogen-bond acceptors (Lipinski definition) is 1. The van der Waals surface area contributed by atoms with Crippen molar-refractivity contribution in [1.29, 1.82) is 0 Å². The van der Waals surface area contributed by atoms with E-state index in [0.29, 0.717) is 11.2 Å². The van der Waals surface area contributed by atoms with Crippen molar-refractivity contribution in [3.8, 4) is 0 Å². The summed E-state index contributed by atoms with van der Waals surface area (Å²) in [5, 5.41) is 0.539. The minimum Gasteiger partial charge on any atom is -0.376 e. The van der Waals surface area contributed by atoms with Crippen LogP contribution in [-0.2, 0) is 0 Å². The third-order valence-corrected chi connectivity index (χ3v) is 2.76. The first kappa shape index (κ1) is 8.78. The van der Waals surface area contributed by atoms with E-state index in [-0.39, 0.29) is 0 Å². The predicted octanol–water partition coefficient (Wildman–Crippen LogP) is 1.49. The fraction of sp³-hybridized carbons (Fsp3) is 0.875. The molecule has 11 heavy (non-hydrogen) atoms. The van der Waals surface area contributed by atoms with E-state index >= 15 is 0 Å². The van der Waals surface area contributed by atoms with E-state index < -0.39 is 0 Å². The van der Waals surface area contributed by atoms with Crippen LogP contribution in [0.15, 0.2) is 0 Å². The average molecular weight is 172 g/mol. The molecule has 0 aromatic rings. The van der Waals surface area contributed by atoms with Crippen LogP contribution in [0.3, 0.4) is 0 Å². The molecule has 3 heteroatoms. The van der Waals surface area contributed by atoms with Crippen molar-refractivity contribution >= 4 is 17.3 Å². The van der Waals surface area contributed by atoms with Crippen molar-refractivity contribution < 1.29 is 0 Å². The topological polar surface area (TPSA) is 29.3 Å². The molecule has 0 heterocycles. The standard InChI is InChI=1S/C8H16N2S/c1-10(8(9)11)7-5-3-2-4-6-7/h7H,2-6H2,1H3,(H2,9,11). The maximum atomic E-state index is 5.52. The van der Waals surface area contributed by atoms with E-state index in [1.54, 1.807) is 0 Å². The smallest absolute Gasteiger partial charge is 0.166 e. The van der Waals surface area contributed by atoms with Crippen LogP contribution in [-0.4, -0.2) is 23.1 Å². The highest BCUT2D eigenvalue weighted by Crippen LogP contribution is 2.21. The van der Waals surface area contributed by atoms with E-state index in [4.69, 9.17) is 18.0 Å². The molecular formula is C8H16N2S. The van der Waals surface area contributed by atoms with Gasteiger partial charge in [0.2, 0.25) is 0 Å². The number of nitrogens with zero attached hydrogens (tertiary/aromatic N) is 1. The van der Waals surface area contributed by atoms with Crippen molar-refractivity contribution in [2.24, 2.45) is 5.73 Å². The molecule has 0 atom stereocenters. The Kier molecular flexibility index (Phi) is 3.12. The lowest BCUT2D eigenvalue weighted by atomic mass is 9.95. The average Bonchev–Trinajstić information content (AvgIpc) is 2.05. The van der Waals surface area contributed by atoms with Crippen LogP contribution in [0.4, 0.5) is 0 Å². The lowest BCUT2D eigenvalue weighted by Crippen LogP contribution is -2.41. The van der Waals surface area contributed by atoms with Gasteiger partial charge in [-0.3, -0.25) is 0 Å². The molecule has 0 unspecified atom stereocenters. The third kappa shape index (κ3) is 2.33. The van der Waals surface area contributed by atoms with Gasteiger partial charge in [-0.1, -0.05) is 19.3 Å². The molecule has 1 aliphatic carbocycles. The molecule has 1 saturated carbocycles. The van der Waals surface area contributed by atoms with Crippen LogP contribution in [0.1, 0.15) is 32.1 Å². The Labute approximate surface area is 73.7 Å². The largest absolute Gasteiger partial charge is 0.376 e. The monoisotopic (exact) mass is 172 g/mol. The van der Waals surface area contributed by atoms with Gasteiger partial charge in [-0.15, -0.1) is 0 Å². The summed E-state index contributed by atoms with van der Waals surface area (Å²) in [4.78, 5) is 2.04. The zero-order valence-electron chi connectivity index (χ0n) is 7.05. The van der Waals surface area contributed by atoms with Crippen LogP contribution in [0.5, 0.6) is 0 Å². The second-order valence-electron chi connectivity index (χ2n) is 3.24. The van der Waals surface area contributed by atoms with Crippen molar-refractivity contribution in [3.05, 3.63) is 0 Å². The first-order valence-electron chi connectivity index (χ1n) is 4.24. The molecule has 0 aliphatic heterocycles. The second kappa shape index (κ2) is 3.90. The van der Waals surface area contributed by atoms with Gasteiger partial charge >= 0.3 is 0 Å². The third-order valence-electron chi connectivity index (χ3n) is 2.47. The summed E-state index contributed by atoms with van der Waals surface area (Å²) in [6.45, 7) is 0. The van der Waals surface area contributed by atoms with Crippen LogP contribution < -0.4 is 5.73 Å². The molecule has 0 amide bonds. The minimum atomic E-state index is 0.539. The normalized spacial score (nSPS) is 19.7. The van der Waals surface area contributed by atoms with Crippen molar-refractivity contribution in [2.75, 3.05) is 7.05 Å². The molecule has 1 rings (SSSR count). The molecule has 64 valence electrons. The van der Waals surface area contributed by atoms with Gasteiger partial charge in [0.1, 0.15) is 0 Å². The Morgan fingerprint density at radius 3 is 2.36 bits per heavy atom. The minimum absolute atomic E-state index is 0.539.